The van der Waals surface area contributed by atoms with E-state index in [4.69, 9.17) is 0 Å². The Morgan fingerprint density at radius 2 is 1.71 bits per heavy atom. The highest BCUT2D eigenvalue weighted by atomic mass is 16.2. The molecule has 0 radical (unpaired) electrons. The van der Waals surface area contributed by atoms with Crippen molar-refractivity contribution in [2.75, 3.05) is 32.7 Å². The third-order valence-corrected chi connectivity index (χ3v) is 5.78. The van der Waals surface area contributed by atoms with Crippen LogP contribution in [-0.4, -0.2) is 48.4 Å². The zero-order valence-corrected chi connectivity index (χ0v) is 15.3. The quantitative estimate of drug-likeness (QED) is 0.797. The first-order valence-corrected chi connectivity index (χ1v) is 9.65. The highest BCUT2D eigenvalue weighted by Gasteiger charge is 2.47. The van der Waals surface area contributed by atoms with Crippen molar-refractivity contribution in [1.82, 2.24) is 9.80 Å². The van der Waals surface area contributed by atoms with E-state index in [1.165, 1.54) is 12.0 Å². The Balaban J connectivity index is 1.43. The van der Waals surface area contributed by atoms with Crippen LogP contribution in [0.15, 0.2) is 30.3 Å². The second-order valence-electron chi connectivity index (χ2n) is 8.11. The summed E-state index contributed by atoms with van der Waals surface area (Å²) in [6, 6.07) is 10.7. The van der Waals surface area contributed by atoms with Gasteiger partial charge in [-0.15, -0.1) is 0 Å². The van der Waals surface area contributed by atoms with E-state index in [0.717, 1.165) is 58.4 Å². The SMILES string of the molecule is CC(C)CN1CCC2(CCN(CCCc3ccccc3)CC2)C1=O. The Kier molecular flexibility index (Phi) is 5.60. The maximum atomic E-state index is 12.8. The summed E-state index contributed by atoms with van der Waals surface area (Å²) in [5, 5.41) is 0. The number of rotatable bonds is 6. The molecule has 0 aliphatic carbocycles. The van der Waals surface area contributed by atoms with Crippen molar-refractivity contribution in [2.24, 2.45) is 11.3 Å². The standard InChI is InChI=1S/C21H32N2O/c1-18(2)17-23-16-12-21(20(23)24)10-14-22(15-11-21)13-6-9-19-7-4-3-5-8-19/h3-5,7-8,18H,6,9-17H2,1-2H3. The lowest BCUT2D eigenvalue weighted by molar-refractivity contribution is -0.138. The summed E-state index contributed by atoms with van der Waals surface area (Å²) in [6.07, 6.45) is 5.57. The average molecular weight is 329 g/mol. The van der Waals surface area contributed by atoms with Crippen molar-refractivity contribution < 1.29 is 4.79 Å². The molecule has 3 heteroatoms. The van der Waals surface area contributed by atoms with Crippen LogP contribution in [0.2, 0.25) is 0 Å². The Labute approximate surface area is 147 Å². The van der Waals surface area contributed by atoms with Crippen LogP contribution >= 0.6 is 0 Å². The second kappa shape index (κ2) is 7.69. The largest absolute Gasteiger partial charge is 0.342 e. The molecule has 2 saturated heterocycles. The summed E-state index contributed by atoms with van der Waals surface area (Å²) in [7, 11) is 0. The minimum Gasteiger partial charge on any atom is -0.342 e. The van der Waals surface area contributed by atoms with Crippen molar-refractivity contribution >= 4 is 5.91 Å². The molecule has 0 bridgehead atoms. The molecule has 0 N–H and O–H groups in total. The van der Waals surface area contributed by atoms with E-state index in [-0.39, 0.29) is 5.41 Å². The van der Waals surface area contributed by atoms with Gasteiger partial charge in [0.15, 0.2) is 0 Å². The first-order chi connectivity index (χ1) is 11.6. The lowest BCUT2D eigenvalue weighted by Gasteiger charge is -2.38. The molecular formula is C21H32N2O. The van der Waals surface area contributed by atoms with Crippen LogP contribution in [0.1, 0.15) is 45.1 Å². The van der Waals surface area contributed by atoms with E-state index >= 15 is 0 Å². The Bertz CT molecular complexity index is 532. The van der Waals surface area contributed by atoms with Gasteiger partial charge in [0, 0.05) is 13.1 Å². The number of benzene rings is 1. The van der Waals surface area contributed by atoms with Gasteiger partial charge < -0.3 is 9.80 Å². The minimum atomic E-state index is -0.0230. The molecule has 2 aliphatic heterocycles. The van der Waals surface area contributed by atoms with E-state index in [1.807, 2.05) is 0 Å². The van der Waals surface area contributed by atoms with Crippen LogP contribution in [0.4, 0.5) is 0 Å². The van der Waals surface area contributed by atoms with E-state index in [9.17, 15) is 4.79 Å². The Hall–Kier alpha value is -1.35. The van der Waals surface area contributed by atoms with Crippen LogP contribution < -0.4 is 0 Å². The molecule has 1 amide bonds. The first kappa shape index (κ1) is 17.5. The molecule has 0 aromatic heterocycles. The molecule has 2 heterocycles. The highest BCUT2D eigenvalue weighted by Crippen LogP contribution is 2.41. The molecule has 0 atom stereocenters. The summed E-state index contributed by atoms with van der Waals surface area (Å²) in [6.45, 7) is 9.66. The minimum absolute atomic E-state index is 0.0230. The van der Waals surface area contributed by atoms with E-state index in [0.29, 0.717) is 11.8 Å². The molecule has 2 aliphatic rings. The molecule has 3 nitrogen and oxygen atoms in total. The van der Waals surface area contributed by atoms with Crippen molar-refractivity contribution in [1.29, 1.82) is 0 Å². The number of piperidine rings is 1. The zero-order valence-electron chi connectivity index (χ0n) is 15.3. The topological polar surface area (TPSA) is 23.6 Å². The number of amides is 1. The first-order valence-electron chi connectivity index (χ1n) is 9.65. The van der Waals surface area contributed by atoms with Gasteiger partial charge in [0.1, 0.15) is 0 Å². The van der Waals surface area contributed by atoms with Crippen molar-refractivity contribution in [3.8, 4) is 0 Å². The van der Waals surface area contributed by atoms with Gasteiger partial charge in [-0.25, -0.2) is 0 Å². The molecule has 1 spiro atoms. The van der Waals surface area contributed by atoms with Crippen molar-refractivity contribution in [2.45, 2.75) is 46.0 Å². The maximum Gasteiger partial charge on any atom is 0.228 e. The molecule has 0 saturated carbocycles. The summed E-state index contributed by atoms with van der Waals surface area (Å²) >= 11 is 0. The summed E-state index contributed by atoms with van der Waals surface area (Å²) < 4.78 is 0. The predicted octanol–water partition coefficient (Wildman–Crippen LogP) is 3.59. The average Bonchev–Trinajstić information content (AvgIpc) is 2.87. The second-order valence-corrected chi connectivity index (χ2v) is 8.11. The van der Waals surface area contributed by atoms with Crippen LogP contribution in [-0.2, 0) is 11.2 Å². The van der Waals surface area contributed by atoms with Gasteiger partial charge in [0.05, 0.1) is 5.41 Å². The monoisotopic (exact) mass is 328 g/mol. The van der Waals surface area contributed by atoms with Crippen molar-refractivity contribution in [3.63, 3.8) is 0 Å². The fourth-order valence-electron chi connectivity index (χ4n) is 4.33. The molecule has 132 valence electrons. The van der Waals surface area contributed by atoms with E-state index in [2.05, 4.69) is 54.0 Å². The molecule has 2 fully saturated rings. The van der Waals surface area contributed by atoms with Crippen LogP contribution in [0, 0.1) is 11.3 Å². The lowest BCUT2D eigenvalue weighted by Crippen LogP contribution is -2.45. The zero-order chi connectivity index (χ0) is 17.0. The Morgan fingerprint density at radius 1 is 1.04 bits per heavy atom. The third-order valence-electron chi connectivity index (χ3n) is 5.78. The summed E-state index contributed by atoms with van der Waals surface area (Å²) in [4.78, 5) is 17.5. The predicted molar refractivity (Wildman–Crippen MR) is 98.9 cm³/mol. The molecule has 24 heavy (non-hydrogen) atoms. The Morgan fingerprint density at radius 3 is 2.38 bits per heavy atom. The highest BCUT2D eigenvalue weighted by molar-refractivity contribution is 5.85. The number of aryl methyl sites for hydroxylation is 1. The van der Waals surface area contributed by atoms with Gasteiger partial charge in [0.25, 0.3) is 0 Å². The number of carbonyl (C=O) groups excluding carboxylic acids is 1. The number of hydrogen-bond acceptors (Lipinski definition) is 2. The normalized spacial score (nSPS) is 21.1. The van der Waals surface area contributed by atoms with Gasteiger partial charge >= 0.3 is 0 Å². The lowest BCUT2D eigenvalue weighted by atomic mass is 9.77. The van der Waals surface area contributed by atoms with Gasteiger partial charge in [-0.1, -0.05) is 44.2 Å². The molecule has 1 aromatic carbocycles. The number of carbonyl (C=O) groups is 1. The number of likely N-dealkylation sites (tertiary alicyclic amines) is 2. The summed E-state index contributed by atoms with van der Waals surface area (Å²) in [5.41, 5.74) is 1.41. The summed E-state index contributed by atoms with van der Waals surface area (Å²) in [5.74, 6) is 1.02. The maximum absolute atomic E-state index is 12.8. The van der Waals surface area contributed by atoms with E-state index in [1.54, 1.807) is 0 Å². The molecule has 1 aromatic rings. The van der Waals surface area contributed by atoms with Crippen LogP contribution in [0.25, 0.3) is 0 Å². The van der Waals surface area contributed by atoms with E-state index < -0.39 is 0 Å². The van der Waals surface area contributed by atoms with Gasteiger partial charge in [-0.2, -0.15) is 0 Å². The van der Waals surface area contributed by atoms with Crippen molar-refractivity contribution in [3.05, 3.63) is 35.9 Å². The molecular weight excluding hydrogens is 296 g/mol. The fraction of sp³-hybridized carbons (Fsp3) is 0.667. The van der Waals surface area contributed by atoms with Crippen LogP contribution in [0.5, 0.6) is 0 Å². The number of hydrogen-bond donors (Lipinski definition) is 0. The van der Waals surface area contributed by atoms with Gasteiger partial charge in [-0.3, -0.25) is 4.79 Å². The fourth-order valence-corrected chi connectivity index (χ4v) is 4.33. The van der Waals surface area contributed by atoms with Gasteiger partial charge in [-0.05, 0) is 63.2 Å². The van der Waals surface area contributed by atoms with Crippen LogP contribution in [0.3, 0.4) is 0 Å². The number of nitrogens with zero attached hydrogens (tertiary/aromatic N) is 2. The molecule has 0 unspecified atom stereocenters. The third kappa shape index (κ3) is 4.00. The molecule has 3 rings (SSSR count). The van der Waals surface area contributed by atoms with Gasteiger partial charge in [0.2, 0.25) is 5.91 Å². The smallest absolute Gasteiger partial charge is 0.228 e.